The molecule has 310 valence electrons. The van der Waals surface area contributed by atoms with Crippen LogP contribution in [0.25, 0.3) is 94.5 Å². The molecule has 5 nitrogen and oxygen atoms in total. The fourth-order valence-corrected chi connectivity index (χ4v) is 9.58. The van der Waals surface area contributed by atoms with Crippen LogP contribution in [0.15, 0.2) is 188 Å². The van der Waals surface area contributed by atoms with Gasteiger partial charge in [-0.1, -0.05) is 154 Å². The summed E-state index contributed by atoms with van der Waals surface area (Å²) in [6.45, 7) is 6.78. The predicted molar refractivity (Wildman–Crippen MR) is 254 cm³/mol. The number of aromatic nitrogens is 4. The Kier molecular flexibility index (Phi) is 9.56. The number of para-hydroxylation sites is 3. The summed E-state index contributed by atoms with van der Waals surface area (Å²) < 4.78 is 13.3. The smallest absolute Gasteiger partial charge is 0.268 e. The van der Waals surface area contributed by atoms with Crippen LogP contribution in [0.1, 0.15) is 26.3 Å². The third-order valence-corrected chi connectivity index (χ3v) is 12.3. The molecule has 6 heteroatoms. The predicted octanol–water partition coefficient (Wildman–Crippen LogP) is 13.9. The minimum atomic E-state index is -0.0632. The Labute approximate surface area is 386 Å². The SMILES string of the molecule is CC(C)(C)c1ccccc1-c1cccnc1-n1c2[c-]c(Oc3[c-]c(-n4[c-][n+]5c6c(cccc64)-c4ccccc4-c4ccccc4-c4ccccc4-5)ccc3)ccc2c2ccccc21.[Pt]. The van der Waals surface area contributed by atoms with Crippen molar-refractivity contribution in [3.05, 3.63) is 212 Å². The summed E-state index contributed by atoms with van der Waals surface area (Å²) in [4.78, 5) is 5.07. The summed E-state index contributed by atoms with van der Waals surface area (Å²) in [7, 11) is 0. The van der Waals surface area contributed by atoms with Gasteiger partial charge in [0, 0.05) is 49.8 Å². The van der Waals surface area contributed by atoms with Gasteiger partial charge < -0.3 is 13.9 Å². The van der Waals surface area contributed by atoms with Crippen LogP contribution in [0, 0.1) is 18.5 Å². The summed E-state index contributed by atoms with van der Waals surface area (Å²) >= 11 is 0. The number of imidazole rings is 1. The number of ether oxygens (including phenoxy) is 1. The first-order chi connectivity index (χ1) is 30.9. The number of rotatable bonds is 5. The molecule has 0 saturated heterocycles. The second-order valence-electron chi connectivity index (χ2n) is 17.2. The summed E-state index contributed by atoms with van der Waals surface area (Å²) in [6.07, 6.45) is 5.65. The molecule has 0 bridgehead atoms. The number of pyridine rings is 1. The monoisotopic (exact) mass is 1000 g/mol. The summed E-state index contributed by atoms with van der Waals surface area (Å²) in [5, 5.41) is 2.20. The van der Waals surface area contributed by atoms with E-state index in [0.717, 1.165) is 72.3 Å². The third-order valence-electron chi connectivity index (χ3n) is 12.3. The van der Waals surface area contributed by atoms with Crippen molar-refractivity contribution in [1.29, 1.82) is 0 Å². The first-order valence-corrected chi connectivity index (χ1v) is 21.4. The molecule has 8 aromatic carbocycles. The topological polar surface area (TPSA) is 35.9 Å². The van der Waals surface area contributed by atoms with Crippen molar-refractivity contribution in [3.8, 4) is 73.2 Å². The van der Waals surface area contributed by atoms with Crippen molar-refractivity contribution in [2.75, 3.05) is 0 Å². The zero-order valence-corrected chi connectivity index (χ0v) is 37.7. The van der Waals surface area contributed by atoms with Crippen molar-refractivity contribution in [2.24, 2.45) is 0 Å². The molecule has 0 spiro atoms. The van der Waals surface area contributed by atoms with Gasteiger partial charge in [0.2, 0.25) is 0 Å². The van der Waals surface area contributed by atoms with Crippen molar-refractivity contribution in [3.63, 3.8) is 0 Å². The third kappa shape index (κ3) is 6.33. The Hall–Kier alpha value is -7.33. The molecule has 3 aromatic heterocycles. The zero-order valence-electron chi connectivity index (χ0n) is 35.4. The second kappa shape index (κ2) is 15.5. The molecule has 0 saturated carbocycles. The molecule has 64 heavy (non-hydrogen) atoms. The number of nitrogens with zero attached hydrogens (tertiary/aromatic N) is 4. The molecule has 0 atom stereocenters. The second-order valence-corrected chi connectivity index (χ2v) is 17.2. The van der Waals surface area contributed by atoms with E-state index in [9.17, 15) is 0 Å². The molecule has 0 amide bonds. The average molecular weight is 1000 g/mol. The Morgan fingerprint density at radius 2 is 1.09 bits per heavy atom. The van der Waals surface area contributed by atoms with E-state index in [-0.39, 0.29) is 26.5 Å². The van der Waals surface area contributed by atoms with Crippen molar-refractivity contribution < 1.29 is 30.4 Å². The van der Waals surface area contributed by atoms with Crippen LogP contribution < -0.4 is 9.30 Å². The summed E-state index contributed by atoms with van der Waals surface area (Å²) in [5.41, 5.74) is 16.3. The summed E-state index contributed by atoms with van der Waals surface area (Å²) in [5.74, 6) is 2.00. The van der Waals surface area contributed by atoms with Gasteiger partial charge in [0.15, 0.2) is 0 Å². The van der Waals surface area contributed by atoms with Gasteiger partial charge >= 0.3 is 0 Å². The van der Waals surface area contributed by atoms with Crippen LogP contribution in [0.5, 0.6) is 11.5 Å². The molecule has 1 aliphatic rings. The normalized spacial score (nSPS) is 11.9. The quantitative estimate of drug-likeness (QED) is 0.127. The van der Waals surface area contributed by atoms with Crippen LogP contribution in [-0.4, -0.2) is 14.1 Å². The van der Waals surface area contributed by atoms with Crippen molar-refractivity contribution in [1.82, 2.24) is 14.1 Å². The van der Waals surface area contributed by atoms with E-state index in [0.29, 0.717) is 11.5 Å². The van der Waals surface area contributed by atoms with E-state index < -0.39 is 0 Å². The zero-order chi connectivity index (χ0) is 42.2. The molecule has 0 aliphatic carbocycles. The van der Waals surface area contributed by atoms with Gasteiger partial charge in [0.05, 0.1) is 16.7 Å². The molecule has 11 aromatic rings. The van der Waals surface area contributed by atoms with Crippen LogP contribution in [0.2, 0.25) is 0 Å². The van der Waals surface area contributed by atoms with Gasteiger partial charge in [-0.25, -0.2) is 4.98 Å². The van der Waals surface area contributed by atoms with E-state index in [1.54, 1.807) is 0 Å². The maximum Gasteiger partial charge on any atom is 0.268 e. The summed E-state index contributed by atoms with van der Waals surface area (Å²) in [6, 6.07) is 71.3. The van der Waals surface area contributed by atoms with E-state index in [2.05, 4.69) is 211 Å². The number of fused-ring (bicyclic) bond motifs is 10. The van der Waals surface area contributed by atoms with Gasteiger partial charge in [0.1, 0.15) is 5.82 Å². The first kappa shape index (κ1) is 39.5. The Morgan fingerprint density at radius 1 is 0.500 bits per heavy atom. The molecule has 0 N–H and O–H groups in total. The van der Waals surface area contributed by atoms with Crippen molar-refractivity contribution in [2.45, 2.75) is 26.2 Å². The molecule has 1 aliphatic heterocycles. The largest absolute Gasteiger partial charge is 0.510 e. The van der Waals surface area contributed by atoms with E-state index in [1.165, 1.54) is 27.8 Å². The molecular formula is C58H40N4OPt-2. The van der Waals surface area contributed by atoms with E-state index >= 15 is 0 Å². The van der Waals surface area contributed by atoms with E-state index in [4.69, 9.17) is 9.72 Å². The molecular weight excluding hydrogens is 964 g/mol. The van der Waals surface area contributed by atoms with Crippen LogP contribution >= 0.6 is 0 Å². The Bertz CT molecular complexity index is 3610. The van der Waals surface area contributed by atoms with Crippen LogP contribution in [0.4, 0.5) is 0 Å². The number of benzene rings is 8. The van der Waals surface area contributed by atoms with Gasteiger partial charge in [-0.05, 0) is 85.3 Å². The van der Waals surface area contributed by atoms with Gasteiger partial charge in [-0.3, -0.25) is 4.57 Å². The van der Waals surface area contributed by atoms with E-state index in [1.807, 2.05) is 30.5 Å². The Morgan fingerprint density at radius 3 is 1.88 bits per heavy atom. The van der Waals surface area contributed by atoms with Crippen molar-refractivity contribution >= 4 is 32.8 Å². The molecule has 0 unspecified atom stereocenters. The fourth-order valence-electron chi connectivity index (χ4n) is 9.58. The van der Waals surface area contributed by atoms with Crippen LogP contribution in [0.3, 0.4) is 0 Å². The maximum absolute atomic E-state index is 6.71. The molecule has 0 radical (unpaired) electrons. The van der Waals surface area contributed by atoms with Crippen LogP contribution in [-0.2, 0) is 26.5 Å². The van der Waals surface area contributed by atoms with Gasteiger partial charge in [0.25, 0.3) is 6.33 Å². The molecule has 12 rings (SSSR count). The van der Waals surface area contributed by atoms with Gasteiger partial charge in [-0.15, -0.1) is 29.7 Å². The fraction of sp³-hybridized carbons (Fsp3) is 0.0690. The first-order valence-electron chi connectivity index (χ1n) is 21.4. The maximum atomic E-state index is 6.71. The molecule has 0 fully saturated rings. The standard InChI is InChI=1S/C58H40N4O.Pt/c1-58(2,3)51-28-11-8-23-45(51)50-27-16-34-59-57(50)62-53-30-13-10-25-47(53)48-33-32-40(36-55(48)62)63-39-18-14-17-38(35-39)60-37-61-52-29-12-9-24-46(52)43-21-6-4-19-41(43)42-20-5-7-22-44(42)49-26-15-31-54(60)56(49)61;/h4-34H,1-3H3;/q-2;. The van der Waals surface area contributed by atoms with Gasteiger partial charge in [-0.2, -0.15) is 18.2 Å². The minimum absolute atomic E-state index is 0. The minimum Gasteiger partial charge on any atom is -0.510 e. The number of hydrogen-bond acceptors (Lipinski definition) is 2. The Balaban J connectivity index is 0.00000456. The number of hydrogen-bond donors (Lipinski definition) is 0. The molecule has 4 heterocycles. The average Bonchev–Trinajstić information content (AvgIpc) is 3.88.